The second kappa shape index (κ2) is 4.54. The van der Waals surface area contributed by atoms with E-state index in [0.717, 1.165) is 0 Å². The zero-order valence-electron chi connectivity index (χ0n) is 8.44. The van der Waals surface area contributed by atoms with Crippen molar-refractivity contribution in [2.45, 2.75) is 26.3 Å². The molecule has 7 nitrogen and oxygen atoms in total. The number of aromatic amines is 1. The number of hydrogen-bond donors (Lipinski definition) is 3. The van der Waals surface area contributed by atoms with Crippen LogP contribution in [0.1, 0.15) is 42.8 Å². The number of H-pyrrole nitrogens is 1. The second-order valence-electron chi connectivity index (χ2n) is 3.01. The third-order valence-electron chi connectivity index (χ3n) is 1.81. The minimum Gasteiger partial charge on any atom is -0.475 e. The van der Waals surface area contributed by atoms with Gasteiger partial charge in [-0.25, -0.2) is 9.78 Å². The molecule has 0 aromatic carbocycles. The Labute approximate surface area is 85.9 Å². The van der Waals surface area contributed by atoms with Gasteiger partial charge in [-0.2, -0.15) is 0 Å². The van der Waals surface area contributed by atoms with Crippen LogP contribution in [0, 0.1) is 0 Å². The highest BCUT2D eigenvalue weighted by atomic mass is 16.4. The van der Waals surface area contributed by atoms with E-state index in [-0.39, 0.29) is 17.8 Å². The van der Waals surface area contributed by atoms with Gasteiger partial charge in [-0.15, -0.1) is 5.10 Å². The number of aromatic nitrogens is 3. The smallest absolute Gasteiger partial charge is 0.375 e. The Morgan fingerprint density at radius 1 is 1.60 bits per heavy atom. The monoisotopic (exact) mass is 212 g/mol. The van der Waals surface area contributed by atoms with Gasteiger partial charge in [0, 0.05) is 6.92 Å². The molecule has 0 saturated heterocycles. The molecule has 15 heavy (non-hydrogen) atoms. The van der Waals surface area contributed by atoms with Crippen LogP contribution in [0.25, 0.3) is 0 Å². The fraction of sp³-hybridized carbons (Fsp3) is 0.500. The van der Waals surface area contributed by atoms with Gasteiger partial charge in [-0.3, -0.25) is 9.89 Å². The van der Waals surface area contributed by atoms with Gasteiger partial charge in [0.1, 0.15) is 5.82 Å². The quantitative estimate of drug-likeness (QED) is 0.655. The van der Waals surface area contributed by atoms with Crippen molar-refractivity contribution in [3.63, 3.8) is 0 Å². The summed E-state index contributed by atoms with van der Waals surface area (Å²) in [5, 5.41) is 17.2. The van der Waals surface area contributed by atoms with Crippen LogP contribution in [0.3, 0.4) is 0 Å². The summed E-state index contributed by atoms with van der Waals surface area (Å²) in [7, 11) is 0. The van der Waals surface area contributed by atoms with E-state index in [1.165, 1.54) is 6.92 Å². The zero-order chi connectivity index (χ0) is 11.4. The molecule has 0 fully saturated rings. The molecule has 7 heteroatoms. The molecule has 1 aromatic heterocycles. The van der Waals surface area contributed by atoms with Crippen LogP contribution in [0.5, 0.6) is 0 Å². The van der Waals surface area contributed by atoms with Crippen LogP contribution < -0.4 is 5.32 Å². The molecule has 1 atom stereocenters. The maximum atomic E-state index is 10.8. The zero-order valence-corrected chi connectivity index (χ0v) is 8.44. The van der Waals surface area contributed by atoms with E-state index in [0.29, 0.717) is 12.2 Å². The molecule has 1 heterocycles. The maximum Gasteiger partial charge on any atom is 0.375 e. The van der Waals surface area contributed by atoms with E-state index < -0.39 is 5.97 Å². The van der Waals surface area contributed by atoms with E-state index in [2.05, 4.69) is 20.5 Å². The van der Waals surface area contributed by atoms with Gasteiger partial charge in [0.25, 0.3) is 5.82 Å². The van der Waals surface area contributed by atoms with Gasteiger partial charge < -0.3 is 10.4 Å². The summed E-state index contributed by atoms with van der Waals surface area (Å²) in [5.74, 6) is -1.34. The first-order valence-corrected chi connectivity index (χ1v) is 4.47. The van der Waals surface area contributed by atoms with Gasteiger partial charge >= 0.3 is 5.97 Å². The molecule has 1 aromatic rings. The molecular weight excluding hydrogens is 200 g/mol. The van der Waals surface area contributed by atoms with Crippen molar-refractivity contribution in [2.75, 3.05) is 0 Å². The van der Waals surface area contributed by atoms with Crippen molar-refractivity contribution in [1.29, 1.82) is 0 Å². The molecule has 0 unspecified atom stereocenters. The van der Waals surface area contributed by atoms with Crippen molar-refractivity contribution in [3.8, 4) is 0 Å². The number of carboxylic acids is 1. The first-order valence-electron chi connectivity index (χ1n) is 4.47. The number of aromatic carboxylic acids is 1. The standard InChI is InChI=1S/C8H12N4O3/c1-3-5(9-4(2)13)6-10-7(8(14)15)12-11-6/h5H,3H2,1-2H3,(H,9,13)(H,14,15)(H,10,11,12)/t5-/m0/s1. The number of nitrogens with one attached hydrogen (secondary N) is 2. The van der Waals surface area contributed by atoms with Crippen LogP contribution in [0.15, 0.2) is 0 Å². The van der Waals surface area contributed by atoms with Crippen molar-refractivity contribution >= 4 is 11.9 Å². The van der Waals surface area contributed by atoms with Crippen LogP contribution in [-0.4, -0.2) is 32.2 Å². The fourth-order valence-corrected chi connectivity index (χ4v) is 1.13. The molecule has 1 rings (SSSR count). The molecule has 1 amide bonds. The minimum atomic E-state index is -1.20. The van der Waals surface area contributed by atoms with Gasteiger partial charge in [0.05, 0.1) is 6.04 Å². The molecular formula is C8H12N4O3. The average Bonchev–Trinajstić information content (AvgIpc) is 2.62. The lowest BCUT2D eigenvalue weighted by Crippen LogP contribution is -2.26. The Bertz CT molecular complexity index is 374. The van der Waals surface area contributed by atoms with Crippen molar-refractivity contribution in [1.82, 2.24) is 20.5 Å². The Morgan fingerprint density at radius 3 is 2.67 bits per heavy atom. The number of nitrogens with zero attached hydrogens (tertiary/aromatic N) is 2. The molecule has 3 N–H and O–H groups in total. The first kappa shape index (κ1) is 11.2. The summed E-state index contributed by atoms with van der Waals surface area (Å²) < 4.78 is 0. The maximum absolute atomic E-state index is 10.8. The highest BCUT2D eigenvalue weighted by Crippen LogP contribution is 2.11. The topological polar surface area (TPSA) is 108 Å². The summed E-state index contributed by atoms with van der Waals surface area (Å²) in [4.78, 5) is 25.1. The summed E-state index contributed by atoms with van der Waals surface area (Å²) in [6, 6.07) is -0.330. The van der Waals surface area contributed by atoms with Crippen molar-refractivity contribution < 1.29 is 14.7 Å². The third-order valence-corrected chi connectivity index (χ3v) is 1.81. The Balaban J connectivity index is 2.83. The Morgan fingerprint density at radius 2 is 2.27 bits per heavy atom. The molecule has 0 spiro atoms. The van der Waals surface area contributed by atoms with Gasteiger partial charge in [-0.05, 0) is 6.42 Å². The lowest BCUT2D eigenvalue weighted by atomic mass is 10.2. The van der Waals surface area contributed by atoms with E-state index in [1.807, 2.05) is 6.92 Å². The average molecular weight is 212 g/mol. The number of hydrogen-bond acceptors (Lipinski definition) is 4. The van der Waals surface area contributed by atoms with Gasteiger partial charge in [0.2, 0.25) is 5.91 Å². The number of rotatable bonds is 4. The first-order chi connectivity index (χ1) is 7.04. The highest BCUT2D eigenvalue weighted by Gasteiger charge is 2.17. The number of carboxylic acid groups (broad SMARTS) is 1. The van der Waals surface area contributed by atoms with Gasteiger partial charge in [-0.1, -0.05) is 6.92 Å². The van der Waals surface area contributed by atoms with Crippen LogP contribution in [-0.2, 0) is 4.79 Å². The third kappa shape index (κ3) is 2.76. The molecule has 0 bridgehead atoms. The summed E-state index contributed by atoms with van der Waals surface area (Å²) in [6.07, 6.45) is 0.605. The summed E-state index contributed by atoms with van der Waals surface area (Å²) >= 11 is 0. The molecule has 0 radical (unpaired) electrons. The number of carbonyl (C=O) groups is 2. The van der Waals surface area contributed by atoms with E-state index in [4.69, 9.17) is 5.11 Å². The molecule has 0 aliphatic rings. The number of amides is 1. The molecule has 0 saturated carbocycles. The SMILES string of the molecule is CC[C@H](NC(C)=O)c1nc(C(=O)O)n[nH]1. The largest absolute Gasteiger partial charge is 0.475 e. The van der Waals surface area contributed by atoms with Crippen LogP contribution in [0.4, 0.5) is 0 Å². The molecule has 0 aliphatic carbocycles. The van der Waals surface area contributed by atoms with Crippen molar-refractivity contribution in [3.05, 3.63) is 11.6 Å². The Hall–Kier alpha value is -1.92. The van der Waals surface area contributed by atoms with Crippen LogP contribution in [0.2, 0.25) is 0 Å². The predicted octanol–water partition coefficient (Wildman–Crippen LogP) is 0.0901. The molecule has 82 valence electrons. The van der Waals surface area contributed by atoms with E-state index >= 15 is 0 Å². The van der Waals surface area contributed by atoms with E-state index in [1.54, 1.807) is 0 Å². The summed E-state index contributed by atoms with van der Waals surface area (Å²) in [6.45, 7) is 3.24. The summed E-state index contributed by atoms with van der Waals surface area (Å²) in [5.41, 5.74) is 0. The van der Waals surface area contributed by atoms with Crippen molar-refractivity contribution in [2.24, 2.45) is 0 Å². The van der Waals surface area contributed by atoms with Gasteiger partial charge in [0.15, 0.2) is 0 Å². The molecule has 0 aliphatic heterocycles. The van der Waals surface area contributed by atoms with Crippen LogP contribution >= 0.6 is 0 Å². The predicted molar refractivity (Wildman–Crippen MR) is 50.2 cm³/mol. The number of carbonyl (C=O) groups excluding carboxylic acids is 1. The second-order valence-corrected chi connectivity index (χ2v) is 3.01. The van der Waals surface area contributed by atoms with E-state index in [9.17, 15) is 9.59 Å². The highest BCUT2D eigenvalue weighted by molar-refractivity contribution is 5.82. The normalized spacial score (nSPS) is 12.1. The minimum absolute atomic E-state index is 0.199. The Kier molecular flexibility index (Phi) is 3.37. The lowest BCUT2D eigenvalue weighted by Gasteiger charge is -2.11. The lowest BCUT2D eigenvalue weighted by molar-refractivity contribution is -0.119. The fourth-order valence-electron chi connectivity index (χ4n) is 1.13.